The number of hydrogen-bond acceptors (Lipinski definition) is 7. The van der Waals surface area contributed by atoms with Gasteiger partial charge in [0.2, 0.25) is 5.91 Å². The predicted octanol–water partition coefficient (Wildman–Crippen LogP) is -2.04. The van der Waals surface area contributed by atoms with Gasteiger partial charge in [-0.3, -0.25) is 9.36 Å². The van der Waals surface area contributed by atoms with Crippen LogP contribution in [0.2, 0.25) is 0 Å². The monoisotopic (exact) mass is 296 g/mol. The normalized spacial score (nSPS) is 25.5. The number of aliphatic hydroxyl groups is 2. The lowest BCUT2D eigenvalue weighted by Gasteiger charge is -2.15. The number of ether oxygens (including phenoxy) is 1. The average Bonchev–Trinajstić information content (AvgIpc) is 2.78. The number of hydrogen-bond donors (Lipinski definition) is 4. The van der Waals surface area contributed by atoms with Gasteiger partial charge in [0.25, 0.3) is 0 Å². The molecular formula is C12H16N4O5. The summed E-state index contributed by atoms with van der Waals surface area (Å²) in [6, 6.07) is 0. The Kier molecular flexibility index (Phi) is 4.36. The van der Waals surface area contributed by atoms with Crippen molar-refractivity contribution in [3.63, 3.8) is 0 Å². The summed E-state index contributed by atoms with van der Waals surface area (Å²) in [5.41, 5.74) is 10.3. The molecule has 9 heteroatoms. The summed E-state index contributed by atoms with van der Waals surface area (Å²) in [5.74, 6) is -0.717. The second kappa shape index (κ2) is 6.04. The Morgan fingerprint density at radius 1 is 1.62 bits per heavy atom. The van der Waals surface area contributed by atoms with Crippen LogP contribution >= 0.6 is 0 Å². The Labute approximate surface area is 119 Å². The number of carbonyl (C=O) groups is 1. The zero-order valence-electron chi connectivity index (χ0n) is 11.0. The molecule has 9 nitrogen and oxygen atoms in total. The lowest BCUT2D eigenvalue weighted by molar-refractivity contribution is -0.113. The molecule has 0 unspecified atom stereocenters. The maximum atomic E-state index is 11.9. The Bertz CT molecular complexity index is 627. The van der Waals surface area contributed by atoms with Crippen molar-refractivity contribution in [2.75, 3.05) is 12.3 Å². The highest BCUT2D eigenvalue weighted by Gasteiger charge is 2.35. The van der Waals surface area contributed by atoms with Crippen LogP contribution in [0.3, 0.4) is 0 Å². The molecule has 21 heavy (non-hydrogen) atoms. The number of rotatable bonds is 4. The number of amides is 1. The molecule has 0 bridgehead atoms. The van der Waals surface area contributed by atoms with Crippen LogP contribution in [0.5, 0.6) is 0 Å². The first kappa shape index (κ1) is 15.2. The van der Waals surface area contributed by atoms with Gasteiger partial charge in [0, 0.05) is 24.3 Å². The van der Waals surface area contributed by atoms with E-state index in [0.29, 0.717) is 5.56 Å². The standard InChI is InChI=1S/C12H16N4O5/c13-9(19)2-1-6-4-16(12(20)15-11(6)14)10-3-7(18)8(5-17)21-10/h1-2,4,7-8,10,17-18H,3,5H2,(H2,13,19)(H2,14,15,20)/b2-1+/t7-,8+,10+/m0/s1. The van der Waals surface area contributed by atoms with Crippen LogP contribution in [-0.4, -0.2) is 44.5 Å². The summed E-state index contributed by atoms with van der Waals surface area (Å²) in [5, 5.41) is 18.7. The van der Waals surface area contributed by atoms with Crippen molar-refractivity contribution in [3.8, 4) is 0 Å². The Hall–Kier alpha value is -2.23. The summed E-state index contributed by atoms with van der Waals surface area (Å²) in [4.78, 5) is 26.2. The molecule has 0 aliphatic carbocycles. The van der Waals surface area contributed by atoms with Crippen LogP contribution in [0.1, 0.15) is 18.2 Å². The largest absolute Gasteiger partial charge is 0.394 e. The zero-order chi connectivity index (χ0) is 15.6. The molecule has 0 spiro atoms. The van der Waals surface area contributed by atoms with Gasteiger partial charge >= 0.3 is 5.69 Å². The zero-order valence-corrected chi connectivity index (χ0v) is 11.0. The minimum absolute atomic E-state index is 0.0500. The molecule has 0 aromatic carbocycles. The topological polar surface area (TPSA) is 154 Å². The van der Waals surface area contributed by atoms with E-state index in [2.05, 4.69) is 4.98 Å². The number of nitrogen functional groups attached to an aromatic ring is 1. The molecule has 0 saturated carbocycles. The lowest BCUT2D eigenvalue weighted by Crippen LogP contribution is -2.28. The average molecular weight is 296 g/mol. The Balaban J connectivity index is 2.34. The number of nitrogens with zero attached hydrogens (tertiary/aromatic N) is 2. The minimum Gasteiger partial charge on any atom is -0.394 e. The molecule has 114 valence electrons. The first-order chi connectivity index (χ1) is 9.92. The Morgan fingerprint density at radius 2 is 2.33 bits per heavy atom. The van der Waals surface area contributed by atoms with E-state index in [1.165, 1.54) is 12.3 Å². The van der Waals surface area contributed by atoms with Crippen molar-refractivity contribution in [1.29, 1.82) is 0 Å². The fourth-order valence-electron chi connectivity index (χ4n) is 2.05. The van der Waals surface area contributed by atoms with E-state index in [-0.39, 0.29) is 18.8 Å². The predicted molar refractivity (Wildman–Crippen MR) is 72.8 cm³/mol. The maximum Gasteiger partial charge on any atom is 0.351 e. The summed E-state index contributed by atoms with van der Waals surface area (Å²) in [7, 11) is 0. The van der Waals surface area contributed by atoms with E-state index >= 15 is 0 Å². The SMILES string of the molecule is NC(=O)/C=C/c1cn([C@H]2C[C@H](O)[C@@H](CO)O2)c(=O)nc1N. The van der Waals surface area contributed by atoms with Crippen LogP contribution in [-0.2, 0) is 9.53 Å². The second-order valence-corrected chi connectivity index (χ2v) is 4.62. The van der Waals surface area contributed by atoms with Crippen molar-refractivity contribution in [2.45, 2.75) is 24.9 Å². The van der Waals surface area contributed by atoms with Gasteiger partial charge in [-0.05, 0) is 6.08 Å². The molecule has 2 rings (SSSR count). The molecule has 1 aliphatic heterocycles. The third kappa shape index (κ3) is 3.27. The van der Waals surface area contributed by atoms with Crippen LogP contribution < -0.4 is 17.2 Å². The van der Waals surface area contributed by atoms with E-state index < -0.39 is 30.0 Å². The van der Waals surface area contributed by atoms with E-state index in [1.807, 2.05) is 0 Å². The van der Waals surface area contributed by atoms with Crippen molar-refractivity contribution in [3.05, 3.63) is 28.3 Å². The number of primary amides is 1. The second-order valence-electron chi connectivity index (χ2n) is 4.62. The summed E-state index contributed by atoms with van der Waals surface area (Å²) in [6.07, 6.45) is 1.51. The fraction of sp³-hybridized carbons (Fsp3) is 0.417. The Morgan fingerprint density at radius 3 is 2.90 bits per heavy atom. The first-order valence-electron chi connectivity index (χ1n) is 6.23. The van der Waals surface area contributed by atoms with Gasteiger partial charge in [0.1, 0.15) is 18.1 Å². The highest BCUT2D eigenvalue weighted by atomic mass is 16.5. The molecule has 1 fully saturated rings. The molecule has 1 aliphatic rings. The number of nitrogens with two attached hydrogens (primary N) is 2. The van der Waals surface area contributed by atoms with Crippen LogP contribution in [0, 0.1) is 0 Å². The van der Waals surface area contributed by atoms with Gasteiger partial charge in [0.15, 0.2) is 0 Å². The molecule has 3 atom stereocenters. The minimum atomic E-state index is -0.880. The van der Waals surface area contributed by atoms with Crippen molar-refractivity contribution < 1.29 is 19.7 Å². The maximum absolute atomic E-state index is 11.9. The van der Waals surface area contributed by atoms with E-state index in [1.54, 1.807) is 0 Å². The van der Waals surface area contributed by atoms with E-state index in [9.17, 15) is 14.7 Å². The van der Waals surface area contributed by atoms with Crippen LogP contribution in [0.4, 0.5) is 5.82 Å². The molecule has 1 aromatic rings. The van der Waals surface area contributed by atoms with Gasteiger partial charge in [0.05, 0.1) is 12.7 Å². The molecule has 2 heterocycles. The van der Waals surface area contributed by atoms with Gasteiger partial charge in [-0.1, -0.05) is 0 Å². The third-order valence-electron chi connectivity index (χ3n) is 3.13. The van der Waals surface area contributed by atoms with Gasteiger partial charge in [-0.15, -0.1) is 0 Å². The van der Waals surface area contributed by atoms with Crippen molar-refractivity contribution >= 4 is 17.8 Å². The fourth-order valence-corrected chi connectivity index (χ4v) is 2.05. The smallest absolute Gasteiger partial charge is 0.351 e. The highest BCUT2D eigenvalue weighted by molar-refractivity contribution is 5.90. The van der Waals surface area contributed by atoms with Crippen molar-refractivity contribution in [1.82, 2.24) is 9.55 Å². The molecule has 0 radical (unpaired) electrons. The summed E-state index contributed by atoms with van der Waals surface area (Å²) >= 11 is 0. The van der Waals surface area contributed by atoms with Crippen molar-refractivity contribution in [2.24, 2.45) is 5.73 Å². The number of aromatic nitrogens is 2. The quantitative estimate of drug-likeness (QED) is 0.467. The van der Waals surface area contributed by atoms with Crippen LogP contribution in [0.25, 0.3) is 6.08 Å². The lowest BCUT2D eigenvalue weighted by atomic mass is 10.2. The first-order valence-corrected chi connectivity index (χ1v) is 6.23. The molecular weight excluding hydrogens is 280 g/mol. The molecule has 1 amide bonds. The molecule has 6 N–H and O–H groups in total. The van der Waals surface area contributed by atoms with Gasteiger partial charge < -0.3 is 26.4 Å². The number of anilines is 1. The number of carbonyl (C=O) groups excluding carboxylic acids is 1. The molecule has 1 aromatic heterocycles. The summed E-state index contributed by atoms with van der Waals surface area (Å²) < 4.78 is 6.53. The number of aliphatic hydroxyl groups excluding tert-OH is 2. The van der Waals surface area contributed by atoms with E-state index in [0.717, 1.165) is 10.6 Å². The van der Waals surface area contributed by atoms with E-state index in [4.69, 9.17) is 21.3 Å². The van der Waals surface area contributed by atoms with Gasteiger partial charge in [-0.2, -0.15) is 4.98 Å². The third-order valence-corrected chi connectivity index (χ3v) is 3.13. The van der Waals surface area contributed by atoms with Gasteiger partial charge in [-0.25, -0.2) is 4.79 Å². The summed E-state index contributed by atoms with van der Waals surface area (Å²) in [6.45, 7) is -0.358. The molecule has 1 saturated heterocycles. The highest BCUT2D eigenvalue weighted by Crippen LogP contribution is 2.27. The van der Waals surface area contributed by atoms with Crippen LogP contribution in [0.15, 0.2) is 17.1 Å².